The maximum absolute atomic E-state index is 13.9. The third kappa shape index (κ3) is 2.05. The zero-order valence-corrected chi connectivity index (χ0v) is 10.5. The van der Waals surface area contributed by atoms with Crippen LogP contribution in [0.1, 0.15) is 37.8 Å². The van der Waals surface area contributed by atoms with Crippen LogP contribution in [-0.4, -0.2) is 11.5 Å². The van der Waals surface area contributed by atoms with Gasteiger partial charge in [-0.25, -0.2) is 9.37 Å². The molecule has 94 valence electrons. The molecule has 1 aliphatic carbocycles. The van der Waals surface area contributed by atoms with Gasteiger partial charge in [0.05, 0.1) is 0 Å². The number of para-hydroxylation sites is 1. The van der Waals surface area contributed by atoms with E-state index in [1.54, 1.807) is 6.07 Å². The van der Waals surface area contributed by atoms with E-state index in [1.807, 2.05) is 6.07 Å². The summed E-state index contributed by atoms with van der Waals surface area (Å²) >= 11 is 0. The molecule has 0 saturated heterocycles. The van der Waals surface area contributed by atoms with Crippen LogP contribution in [0.2, 0.25) is 0 Å². The number of benzene rings is 1. The van der Waals surface area contributed by atoms with E-state index in [0.29, 0.717) is 11.4 Å². The number of hydrogen-bond acceptors (Lipinski definition) is 2. The molecular formula is C15H17FN2. The van der Waals surface area contributed by atoms with Gasteiger partial charge in [-0.05, 0) is 31.4 Å². The normalized spacial score (nSPS) is 15.0. The second kappa shape index (κ2) is 4.56. The van der Waals surface area contributed by atoms with E-state index in [-0.39, 0.29) is 5.82 Å². The predicted molar refractivity (Wildman–Crippen MR) is 72.5 cm³/mol. The van der Waals surface area contributed by atoms with Crippen molar-refractivity contribution >= 4 is 16.6 Å². The molecule has 3 rings (SSSR count). The minimum Gasteiger partial charge on any atom is -0.384 e. The fourth-order valence-electron chi connectivity index (χ4n) is 2.23. The molecular weight excluding hydrogens is 227 g/mol. The van der Waals surface area contributed by atoms with E-state index < -0.39 is 0 Å². The Morgan fingerprint density at radius 1 is 1.39 bits per heavy atom. The van der Waals surface area contributed by atoms with Crippen LogP contribution in [0.3, 0.4) is 0 Å². The molecule has 0 bridgehead atoms. The van der Waals surface area contributed by atoms with E-state index >= 15 is 0 Å². The van der Waals surface area contributed by atoms with Gasteiger partial charge in [0.15, 0.2) is 0 Å². The summed E-state index contributed by atoms with van der Waals surface area (Å²) in [6.07, 6.45) is 3.41. The van der Waals surface area contributed by atoms with Crippen LogP contribution in [0, 0.1) is 5.82 Å². The molecule has 1 aromatic heterocycles. The standard InChI is InChI=1S/C15H17FN2/c1-2-8-17-14-9-13(10-6-7-10)18-15-11(14)4-3-5-12(15)16/h3-5,9-10H,2,6-8H2,1H3,(H,17,18). The molecule has 2 aromatic rings. The van der Waals surface area contributed by atoms with E-state index in [9.17, 15) is 4.39 Å². The van der Waals surface area contributed by atoms with Crippen molar-refractivity contribution in [1.29, 1.82) is 0 Å². The summed E-state index contributed by atoms with van der Waals surface area (Å²) in [7, 11) is 0. The van der Waals surface area contributed by atoms with Crippen LogP contribution in [0.15, 0.2) is 24.3 Å². The van der Waals surface area contributed by atoms with E-state index in [1.165, 1.54) is 18.9 Å². The van der Waals surface area contributed by atoms with Gasteiger partial charge in [0, 0.05) is 29.2 Å². The van der Waals surface area contributed by atoms with E-state index in [2.05, 4.69) is 23.3 Å². The first kappa shape index (κ1) is 11.5. The molecule has 0 atom stereocenters. The molecule has 0 amide bonds. The number of halogens is 1. The summed E-state index contributed by atoms with van der Waals surface area (Å²) in [4.78, 5) is 4.49. The molecule has 2 nitrogen and oxygen atoms in total. The monoisotopic (exact) mass is 244 g/mol. The quantitative estimate of drug-likeness (QED) is 0.876. The molecule has 18 heavy (non-hydrogen) atoms. The molecule has 1 saturated carbocycles. The molecule has 3 heteroatoms. The highest BCUT2D eigenvalue weighted by molar-refractivity contribution is 5.91. The Morgan fingerprint density at radius 2 is 2.22 bits per heavy atom. The Bertz CT molecular complexity index is 576. The van der Waals surface area contributed by atoms with Crippen molar-refractivity contribution in [2.75, 3.05) is 11.9 Å². The van der Waals surface area contributed by atoms with Crippen LogP contribution in [0.5, 0.6) is 0 Å². The summed E-state index contributed by atoms with van der Waals surface area (Å²) in [6.45, 7) is 3.03. The van der Waals surface area contributed by atoms with Gasteiger partial charge in [-0.15, -0.1) is 0 Å². The van der Waals surface area contributed by atoms with Gasteiger partial charge in [0.2, 0.25) is 0 Å². The predicted octanol–water partition coefficient (Wildman–Crippen LogP) is 4.07. The van der Waals surface area contributed by atoms with Crippen molar-refractivity contribution < 1.29 is 4.39 Å². The molecule has 1 aromatic carbocycles. The van der Waals surface area contributed by atoms with Crippen LogP contribution >= 0.6 is 0 Å². The minimum absolute atomic E-state index is 0.227. The largest absolute Gasteiger partial charge is 0.384 e. The summed E-state index contributed by atoms with van der Waals surface area (Å²) in [5.74, 6) is 0.311. The third-order valence-electron chi connectivity index (χ3n) is 3.37. The Hall–Kier alpha value is -1.64. The average Bonchev–Trinajstić information content (AvgIpc) is 3.21. The van der Waals surface area contributed by atoms with Crippen LogP contribution in [0.4, 0.5) is 10.1 Å². The number of aromatic nitrogens is 1. The topological polar surface area (TPSA) is 24.9 Å². The Morgan fingerprint density at radius 3 is 2.94 bits per heavy atom. The fourth-order valence-corrected chi connectivity index (χ4v) is 2.23. The van der Waals surface area contributed by atoms with Crippen LogP contribution in [0.25, 0.3) is 10.9 Å². The summed E-state index contributed by atoms with van der Waals surface area (Å²) in [5.41, 5.74) is 2.55. The summed E-state index contributed by atoms with van der Waals surface area (Å²) in [6, 6.07) is 7.25. The van der Waals surface area contributed by atoms with Gasteiger partial charge >= 0.3 is 0 Å². The van der Waals surface area contributed by atoms with E-state index in [0.717, 1.165) is 29.7 Å². The highest BCUT2D eigenvalue weighted by Crippen LogP contribution is 2.41. The smallest absolute Gasteiger partial charge is 0.149 e. The lowest BCUT2D eigenvalue weighted by Crippen LogP contribution is -2.03. The van der Waals surface area contributed by atoms with Crippen molar-refractivity contribution in [3.05, 3.63) is 35.8 Å². The second-order valence-corrected chi connectivity index (χ2v) is 4.93. The van der Waals surface area contributed by atoms with Crippen molar-refractivity contribution in [3.8, 4) is 0 Å². The zero-order chi connectivity index (χ0) is 12.5. The highest BCUT2D eigenvalue weighted by Gasteiger charge is 2.26. The van der Waals surface area contributed by atoms with Crippen molar-refractivity contribution in [3.63, 3.8) is 0 Å². The van der Waals surface area contributed by atoms with Crippen molar-refractivity contribution in [2.24, 2.45) is 0 Å². The average molecular weight is 244 g/mol. The summed E-state index contributed by atoms with van der Waals surface area (Å²) < 4.78 is 13.9. The first-order valence-corrected chi connectivity index (χ1v) is 6.62. The van der Waals surface area contributed by atoms with E-state index in [4.69, 9.17) is 0 Å². The van der Waals surface area contributed by atoms with Crippen LogP contribution in [-0.2, 0) is 0 Å². The molecule has 1 aliphatic rings. The number of hydrogen-bond donors (Lipinski definition) is 1. The molecule has 1 fully saturated rings. The highest BCUT2D eigenvalue weighted by atomic mass is 19.1. The first-order valence-electron chi connectivity index (χ1n) is 6.62. The zero-order valence-electron chi connectivity index (χ0n) is 10.5. The fraction of sp³-hybridized carbons (Fsp3) is 0.400. The summed E-state index contributed by atoms with van der Waals surface area (Å²) in [5, 5.41) is 4.26. The SMILES string of the molecule is CCCNc1cc(C2CC2)nc2c(F)cccc12. The van der Waals surface area contributed by atoms with Gasteiger partial charge in [-0.1, -0.05) is 19.1 Å². The number of nitrogens with zero attached hydrogens (tertiary/aromatic N) is 1. The number of pyridine rings is 1. The first-order chi connectivity index (χ1) is 8.79. The molecule has 0 unspecified atom stereocenters. The Balaban J connectivity index is 2.14. The van der Waals surface area contributed by atoms with Gasteiger partial charge in [-0.3, -0.25) is 0 Å². The van der Waals surface area contributed by atoms with Gasteiger partial charge in [-0.2, -0.15) is 0 Å². The number of anilines is 1. The molecule has 1 heterocycles. The lowest BCUT2D eigenvalue weighted by Gasteiger charge is -2.11. The van der Waals surface area contributed by atoms with Gasteiger partial charge < -0.3 is 5.32 Å². The van der Waals surface area contributed by atoms with Crippen LogP contribution < -0.4 is 5.32 Å². The van der Waals surface area contributed by atoms with Gasteiger partial charge in [0.25, 0.3) is 0 Å². The molecule has 0 radical (unpaired) electrons. The van der Waals surface area contributed by atoms with Crippen molar-refractivity contribution in [2.45, 2.75) is 32.1 Å². The van der Waals surface area contributed by atoms with Crippen molar-refractivity contribution in [1.82, 2.24) is 4.98 Å². The molecule has 1 N–H and O–H groups in total. The second-order valence-electron chi connectivity index (χ2n) is 4.93. The minimum atomic E-state index is -0.227. The molecule has 0 spiro atoms. The lowest BCUT2D eigenvalue weighted by atomic mass is 10.1. The molecule has 0 aliphatic heterocycles. The maximum atomic E-state index is 13.9. The maximum Gasteiger partial charge on any atom is 0.149 e. The Kier molecular flexibility index (Phi) is 2.90. The lowest BCUT2D eigenvalue weighted by molar-refractivity contribution is 0.636. The number of rotatable bonds is 4. The Labute approximate surface area is 106 Å². The van der Waals surface area contributed by atoms with Gasteiger partial charge in [0.1, 0.15) is 11.3 Å². The third-order valence-corrected chi connectivity index (χ3v) is 3.37. The number of fused-ring (bicyclic) bond motifs is 1. The number of nitrogens with one attached hydrogen (secondary N) is 1.